The molecule has 128 valence electrons. The molecule has 24 heavy (non-hydrogen) atoms. The van der Waals surface area contributed by atoms with Gasteiger partial charge in [0.15, 0.2) is 11.6 Å². The van der Waals surface area contributed by atoms with Gasteiger partial charge in [0.05, 0.1) is 12.4 Å². The first-order chi connectivity index (χ1) is 11.5. The molecule has 2 aromatic carbocycles. The first-order valence-electron chi connectivity index (χ1n) is 7.52. The molecule has 6 heteroatoms. The maximum Gasteiger partial charge on any atom is 0.233 e. The fourth-order valence-electron chi connectivity index (χ4n) is 2.07. The Labute approximate surface area is 144 Å². The topological polar surface area (TPSA) is 38.3 Å². The van der Waals surface area contributed by atoms with Gasteiger partial charge in [-0.1, -0.05) is 12.1 Å². The quantitative estimate of drug-likeness (QED) is 0.771. The first-order valence-corrected chi connectivity index (χ1v) is 8.40. The first kappa shape index (κ1) is 18.3. The van der Waals surface area contributed by atoms with Crippen molar-refractivity contribution < 1.29 is 18.3 Å². The molecule has 1 N–H and O–H groups in total. The molecule has 3 nitrogen and oxygen atoms in total. The second kappa shape index (κ2) is 8.68. The molecule has 0 aliphatic carbocycles. The smallest absolute Gasteiger partial charge is 0.233 e. The van der Waals surface area contributed by atoms with Gasteiger partial charge in [-0.25, -0.2) is 8.78 Å². The molecule has 0 aliphatic heterocycles. The molecule has 2 aromatic rings. The molecule has 0 aromatic heterocycles. The zero-order chi connectivity index (χ0) is 17.5. The summed E-state index contributed by atoms with van der Waals surface area (Å²) in [5, 5.41) is 2.45. The molecule has 0 fully saturated rings. The number of methoxy groups -OCH3 is 1. The van der Waals surface area contributed by atoms with E-state index in [1.807, 2.05) is 24.3 Å². The predicted octanol–water partition coefficient (Wildman–Crippen LogP) is 3.81. The Kier molecular flexibility index (Phi) is 6.61. The van der Waals surface area contributed by atoms with Crippen LogP contribution in [0.4, 0.5) is 8.78 Å². The van der Waals surface area contributed by atoms with E-state index in [-0.39, 0.29) is 5.91 Å². The molecular weight excluding hydrogens is 332 g/mol. The van der Waals surface area contributed by atoms with Crippen LogP contribution in [0.2, 0.25) is 0 Å². The summed E-state index contributed by atoms with van der Waals surface area (Å²) >= 11 is 1.19. The van der Waals surface area contributed by atoms with Crippen LogP contribution in [-0.4, -0.2) is 24.8 Å². The summed E-state index contributed by atoms with van der Waals surface area (Å²) in [6.07, 6.45) is 0.707. The molecule has 2 rings (SSSR count). The number of carbonyl (C=O) groups excluding carboxylic acids is 1. The van der Waals surface area contributed by atoms with Gasteiger partial charge in [-0.2, -0.15) is 0 Å². The average molecular weight is 351 g/mol. The summed E-state index contributed by atoms with van der Waals surface area (Å²) in [5.74, 6) is -1.15. The minimum Gasteiger partial charge on any atom is -0.497 e. The number of carbonyl (C=O) groups is 1. The SMILES string of the molecule is COc1ccc(CCNC(=O)C(C)Sc2ccc(F)c(F)c2)cc1. The number of rotatable bonds is 7. The van der Waals surface area contributed by atoms with Crippen LogP contribution < -0.4 is 10.1 Å². The van der Waals surface area contributed by atoms with E-state index in [2.05, 4.69) is 5.32 Å². The van der Waals surface area contributed by atoms with Gasteiger partial charge in [-0.05, 0) is 49.2 Å². The summed E-state index contributed by atoms with van der Waals surface area (Å²) in [7, 11) is 1.61. The maximum atomic E-state index is 13.2. The highest BCUT2D eigenvalue weighted by Crippen LogP contribution is 2.24. The van der Waals surface area contributed by atoms with E-state index in [1.54, 1.807) is 14.0 Å². The van der Waals surface area contributed by atoms with Crippen molar-refractivity contribution in [1.82, 2.24) is 5.32 Å². The van der Waals surface area contributed by atoms with Gasteiger partial charge in [-0.15, -0.1) is 11.8 Å². The van der Waals surface area contributed by atoms with Gasteiger partial charge in [-0.3, -0.25) is 4.79 Å². The van der Waals surface area contributed by atoms with Crippen molar-refractivity contribution in [3.8, 4) is 5.75 Å². The van der Waals surface area contributed by atoms with Crippen LogP contribution in [0.3, 0.4) is 0 Å². The lowest BCUT2D eigenvalue weighted by Gasteiger charge is -2.12. The molecule has 0 spiro atoms. The standard InChI is InChI=1S/C18H19F2NO2S/c1-12(24-15-7-8-16(19)17(20)11-15)18(22)21-10-9-13-3-5-14(23-2)6-4-13/h3-8,11-12H,9-10H2,1-2H3,(H,21,22). The van der Waals surface area contributed by atoms with Gasteiger partial charge >= 0.3 is 0 Å². The Hall–Kier alpha value is -2.08. The predicted molar refractivity (Wildman–Crippen MR) is 91.4 cm³/mol. The van der Waals surface area contributed by atoms with Crippen LogP contribution in [0.15, 0.2) is 47.4 Å². The van der Waals surface area contributed by atoms with Crippen molar-refractivity contribution in [2.75, 3.05) is 13.7 Å². The molecule has 0 saturated heterocycles. The lowest BCUT2D eigenvalue weighted by Crippen LogP contribution is -2.32. The number of ether oxygens (including phenoxy) is 1. The number of hydrogen-bond donors (Lipinski definition) is 1. The lowest BCUT2D eigenvalue weighted by atomic mass is 10.1. The van der Waals surface area contributed by atoms with E-state index >= 15 is 0 Å². The molecule has 0 saturated carbocycles. The lowest BCUT2D eigenvalue weighted by molar-refractivity contribution is -0.120. The van der Waals surface area contributed by atoms with Gasteiger partial charge < -0.3 is 10.1 Å². The zero-order valence-corrected chi connectivity index (χ0v) is 14.3. The van der Waals surface area contributed by atoms with Crippen LogP contribution in [0.5, 0.6) is 5.75 Å². The zero-order valence-electron chi connectivity index (χ0n) is 13.5. The molecule has 0 bridgehead atoms. The van der Waals surface area contributed by atoms with Crippen molar-refractivity contribution in [2.24, 2.45) is 0 Å². The molecule has 0 radical (unpaired) electrons. The molecule has 1 unspecified atom stereocenters. The molecule has 0 heterocycles. The van der Waals surface area contributed by atoms with Crippen LogP contribution in [-0.2, 0) is 11.2 Å². The van der Waals surface area contributed by atoms with E-state index in [1.165, 1.54) is 17.8 Å². The normalized spacial score (nSPS) is 11.8. The van der Waals surface area contributed by atoms with E-state index < -0.39 is 16.9 Å². The molecule has 0 aliphatic rings. The third-order valence-corrected chi connectivity index (χ3v) is 4.54. The second-order valence-corrected chi connectivity index (χ2v) is 6.64. The average Bonchev–Trinajstić information content (AvgIpc) is 2.58. The highest BCUT2D eigenvalue weighted by molar-refractivity contribution is 8.00. The highest BCUT2D eigenvalue weighted by Gasteiger charge is 2.15. The Balaban J connectivity index is 1.79. The number of amides is 1. The molecule has 1 atom stereocenters. The van der Waals surface area contributed by atoms with Crippen molar-refractivity contribution in [2.45, 2.75) is 23.5 Å². The number of nitrogens with one attached hydrogen (secondary N) is 1. The van der Waals surface area contributed by atoms with Gasteiger partial charge in [0.2, 0.25) is 5.91 Å². The van der Waals surface area contributed by atoms with Gasteiger partial charge in [0, 0.05) is 11.4 Å². The monoisotopic (exact) mass is 351 g/mol. The second-order valence-electron chi connectivity index (χ2n) is 5.23. The highest BCUT2D eigenvalue weighted by atomic mass is 32.2. The number of halogens is 2. The summed E-state index contributed by atoms with van der Waals surface area (Å²) in [6, 6.07) is 11.3. The Bertz CT molecular complexity index is 692. The maximum absolute atomic E-state index is 13.2. The summed E-state index contributed by atoms with van der Waals surface area (Å²) in [6.45, 7) is 2.24. The fraction of sp³-hybridized carbons (Fsp3) is 0.278. The van der Waals surface area contributed by atoms with Crippen LogP contribution in [0.1, 0.15) is 12.5 Å². The Morgan fingerprint density at radius 2 is 1.88 bits per heavy atom. The summed E-state index contributed by atoms with van der Waals surface area (Å²) < 4.78 is 31.2. The minimum absolute atomic E-state index is 0.141. The van der Waals surface area contributed by atoms with E-state index in [0.29, 0.717) is 17.9 Å². The third-order valence-electron chi connectivity index (χ3n) is 3.45. The summed E-state index contributed by atoms with van der Waals surface area (Å²) in [5.41, 5.74) is 1.09. The van der Waals surface area contributed by atoms with Gasteiger partial charge in [0.25, 0.3) is 0 Å². The van der Waals surface area contributed by atoms with Gasteiger partial charge in [0.1, 0.15) is 5.75 Å². The van der Waals surface area contributed by atoms with E-state index in [0.717, 1.165) is 23.4 Å². The van der Waals surface area contributed by atoms with Crippen molar-refractivity contribution in [1.29, 1.82) is 0 Å². The third kappa shape index (κ3) is 5.23. The van der Waals surface area contributed by atoms with Crippen LogP contribution in [0, 0.1) is 11.6 Å². The Morgan fingerprint density at radius 3 is 2.50 bits per heavy atom. The number of benzene rings is 2. The van der Waals surface area contributed by atoms with E-state index in [9.17, 15) is 13.6 Å². The van der Waals surface area contributed by atoms with Crippen LogP contribution in [0.25, 0.3) is 0 Å². The molecule has 1 amide bonds. The van der Waals surface area contributed by atoms with Crippen molar-refractivity contribution in [3.05, 3.63) is 59.7 Å². The fourth-order valence-corrected chi connectivity index (χ4v) is 2.99. The number of hydrogen-bond acceptors (Lipinski definition) is 3. The summed E-state index contributed by atoms with van der Waals surface area (Å²) in [4.78, 5) is 12.6. The Morgan fingerprint density at radius 1 is 1.17 bits per heavy atom. The van der Waals surface area contributed by atoms with Crippen molar-refractivity contribution >= 4 is 17.7 Å². The van der Waals surface area contributed by atoms with Crippen LogP contribution >= 0.6 is 11.8 Å². The minimum atomic E-state index is -0.910. The van der Waals surface area contributed by atoms with Crippen molar-refractivity contribution in [3.63, 3.8) is 0 Å². The largest absolute Gasteiger partial charge is 0.497 e. The van der Waals surface area contributed by atoms with E-state index in [4.69, 9.17) is 4.74 Å². The molecular formula is C18H19F2NO2S. The number of thioether (sulfide) groups is 1.